The number of hydrogen-bond donors (Lipinski definition) is 1. The Labute approximate surface area is 198 Å². The predicted octanol–water partition coefficient (Wildman–Crippen LogP) is 4.94. The zero-order valence-electron chi connectivity index (χ0n) is 19.6. The lowest BCUT2D eigenvalue weighted by atomic mass is 10.1. The molecule has 0 saturated carbocycles. The van der Waals surface area contributed by atoms with Crippen LogP contribution in [0.1, 0.15) is 27.2 Å². The summed E-state index contributed by atoms with van der Waals surface area (Å²) in [7, 11) is 3.16. The molecule has 7 nitrogen and oxygen atoms in total. The molecular weight excluding hydrogens is 428 g/mol. The van der Waals surface area contributed by atoms with Gasteiger partial charge in [0.25, 0.3) is 5.91 Å². The number of hydrazone groups is 1. The smallest absolute Gasteiger partial charge is 0.291 e. The highest BCUT2D eigenvalue weighted by atomic mass is 16.5. The van der Waals surface area contributed by atoms with Crippen molar-refractivity contribution in [3.63, 3.8) is 0 Å². The fourth-order valence-electron chi connectivity index (χ4n) is 3.56. The zero-order chi connectivity index (χ0) is 24.1. The van der Waals surface area contributed by atoms with Crippen LogP contribution in [0.4, 0.5) is 0 Å². The van der Waals surface area contributed by atoms with Crippen molar-refractivity contribution in [3.05, 3.63) is 95.2 Å². The molecule has 0 aliphatic carbocycles. The number of carbonyl (C=O) groups is 1. The number of nitrogens with one attached hydrogen (secondary N) is 1. The zero-order valence-corrected chi connectivity index (χ0v) is 19.6. The van der Waals surface area contributed by atoms with Crippen LogP contribution < -0.4 is 14.9 Å². The van der Waals surface area contributed by atoms with E-state index in [1.54, 1.807) is 43.2 Å². The van der Waals surface area contributed by atoms with E-state index in [0.29, 0.717) is 17.1 Å². The van der Waals surface area contributed by atoms with Crippen LogP contribution in [-0.2, 0) is 0 Å². The molecule has 0 fully saturated rings. The molecule has 0 bridgehead atoms. The first-order chi connectivity index (χ1) is 16.5. The number of ether oxygens (including phenoxy) is 2. The van der Waals surface area contributed by atoms with E-state index in [1.165, 1.54) is 6.21 Å². The molecule has 1 aromatic heterocycles. The fourth-order valence-corrected chi connectivity index (χ4v) is 3.56. The van der Waals surface area contributed by atoms with Gasteiger partial charge in [-0.05, 0) is 49.7 Å². The van der Waals surface area contributed by atoms with Crippen molar-refractivity contribution < 1.29 is 14.3 Å². The Balaban J connectivity index is 1.65. The van der Waals surface area contributed by atoms with Gasteiger partial charge in [-0.25, -0.2) is 10.1 Å². The van der Waals surface area contributed by atoms with Gasteiger partial charge in [0.15, 0.2) is 5.69 Å². The summed E-state index contributed by atoms with van der Waals surface area (Å²) in [6, 6.07) is 23.2. The lowest BCUT2D eigenvalue weighted by Gasteiger charge is -2.10. The van der Waals surface area contributed by atoms with Gasteiger partial charge < -0.3 is 9.47 Å². The maximum Gasteiger partial charge on any atom is 0.291 e. The second kappa shape index (κ2) is 10.0. The molecule has 1 N–H and O–H groups in total. The summed E-state index contributed by atoms with van der Waals surface area (Å²) in [5.74, 6) is 0.858. The van der Waals surface area contributed by atoms with Crippen molar-refractivity contribution in [1.29, 1.82) is 0 Å². The number of para-hydroxylation sites is 1. The average Bonchev–Trinajstić information content (AvgIpc) is 3.30. The van der Waals surface area contributed by atoms with E-state index in [-0.39, 0.29) is 5.69 Å². The monoisotopic (exact) mass is 454 g/mol. The highest BCUT2D eigenvalue weighted by molar-refractivity contribution is 5.94. The third kappa shape index (κ3) is 4.83. The molecule has 0 atom stereocenters. The third-order valence-electron chi connectivity index (χ3n) is 5.44. The summed E-state index contributed by atoms with van der Waals surface area (Å²) < 4.78 is 12.4. The molecule has 3 aromatic carbocycles. The Morgan fingerprint density at radius 1 is 0.971 bits per heavy atom. The van der Waals surface area contributed by atoms with Gasteiger partial charge in [-0.1, -0.05) is 48.0 Å². The average molecular weight is 455 g/mol. The maximum atomic E-state index is 12.9. The SMILES string of the molecule is COc1ccc(OC)c(/C=N\NC(=O)c2cc(-c3ccc(C)cc3)n(-c3ccccc3C)n2)c1. The Hall–Kier alpha value is -4.39. The van der Waals surface area contributed by atoms with Crippen molar-refractivity contribution in [2.75, 3.05) is 14.2 Å². The van der Waals surface area contributed by atoms with E-state index >= 15 is 0 Å². The Morgan fingerprint density at radius 2 is 1.74 bits per heavy atom. The molecule has 4 aromatic rings. The van der Waals surface area contributed by atoms with E-state index in [9.17, 15) is 4.79 Å². The van der Waals surface area contributed by atoms with Crippen LogP contribution in [-0.4, -0.2) is 36.1 Å². The molecule has 7 heteroatoms. The molecule has 172 valence electrons. The standard InChI is InChI=1S/C27H26N4O3/c1-18-9-11-20(12-10-18)25-16-23(30-31(25)24-8-6-5-7-19(24)2)27(32)29-28-17-21-15-22(33-3)13-14-26(21)34-4/h5-17H,1-4H3,(H,29,32)/b28-17-. The number of aryl methyl sites for hydroxylation is 2. The van der Waals surface area contributed by atoms with Crippen LogP contribution in [0.3, 0.4) is 0 Å². The Kier molecular flexibility index (Phi) is 6.73. The van der Waals surface area contributed by atoms with Gasteiger partial charge in [-0.2, -0.15) is 10.2 Å². The lowest BCUT2D eigenvalue weighted by Crippen LogP contribution is -2.18. The normalized spacial score (nSPS) is 10.9. The molecule has 0 radical (unpaired) electrons. The summed E-state index contributed by atoms with van der Waals surface area (Å²) in [5.41, 5.74) is 8.39. The van der Waals surface area contributed by atoms with Crippen LogP contribution in [0.5, 0.6) is 11.5 Å². The van der Waals surface area contributed by atoms with Crippen molar-refractivity contribution in [3.8, 4) is 28.4 Å². The molecule has 0 aliphatic heterocycles. The second-order valence-electron chi connectivity index (χ2n) is 7.79. The van der Waals surface area contributed by atoms with E-state index < -0.39 is 5.91 Å². The molecule has 34 heavy (non-hydrogen) atoms. The quantitative estimate of drug-likeness (QED) is 0.317. The largest absolute Gasteiger partial charge is 0.497 e. The van der Waals surface area contributed by atoms with Crippen LogP contribution in [0, 0.1) is 13.8 Å². The first-order valence-electron chi connectivity index (χ1n) is 10.8. The minimum absolute atomic E-state index is 0.258. The van der Waals surface area contributed by atoms with Crippen molar-refractivity contribution in [1.82, 2.24) is 15.2 Å². The minimum atomic E-state index is -0.418. The molecule has 0 saturated heterocycles. The van der Waals surface area contributed by atoms with Crippen LogP contribution in [0.15, 0.2) is 77.9 Å². The summed E-state index contributed by atoms with van der Waals surface area (Å²) in [5, 5.41) is 8.72. The molecule has 0 unspecified atom stereocenters. The number of carbonyl (C=O) groups excluding carboxylic acids is 1. The number of benzene rings is 3. The van der Waals surface area contributed by atoms with Gasteiger partial charge in [0.2, 0.25) is 0 Å². The number of amides is 1. The number of hydrogen-bond acceptors (Lipinski definition) is 5. The highest BCUT2D eigenvalue weighted by Crippen LogP contribution is 2.26. The minimum Gasteiger partial charge on any atom is -0.497 e. The van der Waals surface area contributed by atoms with Crippen LogP contribution in [0.25, 0.3) is 16.9 Å². The number of methoxy groups -OCH3 is 2. The van der Waals surface area contributed by atoms with Crippen molar-refractivity contribution in [2.24, 2.45) is 5.10 Å². The fraction of sp³-hybridized carbons (Fsp3) is 0.148. The van der Waals surface area contributed by atoms with E-state index in [0.717, 1.165) is 28.1 Å². The van der Waals surface area contributed by atoms with Crippen molar-refractivity contribution >= 4 is 12.1 Å². The first-order valence-corrected chi connectivity index (χ1v) is 10.8. The summed E-state index contributed by atoms with van der Waals surface area (Å²) in [6.07, 6.45) is 1.51. The molecular formula is C27H26N4O3. The van der Waals surface area contributed by atoms with E-state index in [2.05, 4.69) is 15.6 Å². The number of aromatic nitrogens is 2. The van der Waals surface area contributed by atoms with Gasteiger partial charge >= 0.3 is 0 Å². The molecule has 0 aliphatic rings. The summed E-state index contributed by atoms with van der Waals surface area (Å²) in [6.45, 7) is 4.05. The van der Waals surface area contributed by atoms with Crippen LogP contribution >= 0.6 is 0 Å². The number of nitrogens with zero attached hydrogens (tertiary/aromatic N) is 3. The highest BCUT2D eigenvalue weighted by Gasteiger charge is 2.17. The van der Waals surface area contributed by atoms with Gasteiger partial charge in [0.1, 0.15) is 11.5 Å². The molecule has 1 amide bonds. The third-order valence-corrected chi connectivity index (χ3v) is 5.44. The Bertz CT molecular complexity index is 1340. The summed E-state index contributed by atoms with van der Waals surface area (Å²) >= 11 is 0. The number of rotatable bonds is 7. The maximum absolute atomic E-state index is 12.9. The molecule has 0 spiro atoms. The van der Waals surface area contributed by atoms with Crippen LogP contribution in [0.2, 0.25) is 0 Å². The predicted molar refractivity (Wildman–Crippen MR) is 133 cm³/mol. The topological polar surface area (TPSA) is 77.7 Å². The molecule has 4 rings (SSSR count). The van der Waals surface area contributed by atoms with Gasteiger partial charge in [-0.3, -0.25) is 4.79 Å². The second-order valence-corrected chi connectivity index (χ2v) is 7.79. The Morgan fingerprint density at radius 3 is 2.44 bits per heavy atom. The lowest BCUT2D eigenvalue weighted by molar-refractivity contribution is 0.0949. The summed E-state index contributed by atoms with van der Waals surface area (Å²) in [4.78, 5) is 12.9. The van der Waals surface area contributed by atoms with Gasteiger partial charge in [0, 0.05) is 11.1 Å². The van der Waals surface area contributed by atoms with Gasteiger partial charge in [-0.15, -0.1) is 0 Å². The molecule has 1 heterocycles. The van der Waals surface area contributed by atoms with Crippen molar-refractivity contribution in [2.45, 2.75) is 13.8 Å². The first kappa shape index (κ1) is 22.8. The van der Waals surface area contributed by atoms with E-state index in [4.69, 9.17) is 9.47 Å². The van der Waals surface area contributed by atoms with Gasteiger partial charge in [0.05, 0.1) is 31.8 Å². The van der Waals surface area contributed by atoms with E-state index in [1.807, 2.05) is 62.4 Å².